The van der Waals surface area contributed by atoms with E-state index in [1.54, 1.807) is 0 Å². The summed E-state index contributed by atoms with van der Waals surface area (Å²) in [5, 5.41) is 10.3. The Kier molecular flexibility index (Phi) is 5.86. The van der Waals surface area contributed by atoms with Gasteiger partial charge >= 0.3 is 5.97 Å². The first-order valence-electron chi connectivity index (χ1n) is 6.97. The van der Waals surface area contributed by atoms with Crippen LogP contribution in [0.4, 0.5) is 0 Å². The molecule has 0 aromatic carbocycles. The minimum absolute atomic E-state index is 0.0550. The molecule has 0 saturated heterocycles. The molecule has 104 valence electrons. The summed E-state index contributed by atoms with van der Waals surface area (Å²) in [5.41, 5.74) is 1.13. The number of carbonyl (C=O) groups is 1. The molecule has 0 aliphatic heterocycles. The van der Waals surface area contributed by atoms with Crippen molar-refractivity contribution in [2.75, 3.05) is 0 Å². The fourth-order valence-electron chi connectivity index (χ4n) is 2.91. The van der Waals surface area contributed by atoms with Gasteiger partial charge in [0.1, 0.15) is 6.10 Å². The fraction of sp³-hybridized carbons (Fsp3) is 0.800. The van der Waals surface area contributed by atoms with E-state index in [9.17, 15) is 9.90 Å². The maximum absolute atomic E-state index is 11.1. The van der Waals surface area contributed by atoms with Gasteiger partial charge in [0, 0.05) is 6.92 Å². The van der Waals surface area contributed by atoms with Crippen LogP contribution in [0, 0.1) is 11.8 Å². The van der Waals surface area contributed by atoms with Crippen molar-refractivity contribution in [1.82, 2.24) is 0 Å². The lowest BCUT2D eigenvalue weighted by atomic mass is 9.89. The highest BCUT2D eigenvalue weighted by Crippen LogP contribution is 2.30. The van der Waals surface area contributed by atoms with Crippen LogP contribution in [0.3, 0.4) is 0 Å². The normalized spacial score (nSPS) is 36.6. The van der Waals surface area contributed by atoms with Crippen molar-refractivity contribution in [1.29, 1.82) is 0 Å². The molecule has 0 aromatic heterocycles. The predicted molar refractivity (Wildman–Crippen MR) is 72.1 cm³/mol. The Morgan fingerprint density at radius 1 is 1.39 bits per heavy atom. The molecular weight excluding hydrogens is 228 g/mol. The zero-order valence-electron chi connectivity index (χ0n) is 12.0. The number of rotatable bonds is 1. The molecule has 3 nitrogen and oxygen atoms in total. The highest BCUT2D eigenvalue weighted by Gasteiger charge is 2.28. The number of esters is 1. The zero-order valence-corrected chi connectivity index (χ0v) is 12.0. The van der Waals surface area contributed by atoms with Gasteiger partial charge in [-0.25, -0.2) is 0 Å². The molecule has 1 N–H and O–H groups in total. The number of allylic oxidation sites excluding steroid dienone is 1. The first-order valence-corrected chi connectivity index (χ1v) is 6.97. The summed E-state index contributed by atoms with van der Waals surface area (Å²) in [7, 11) is 0. The van der Waals surface area contributed by atoms with Crippen LogP contribution in [-0.2, 0) is 9.53 Å². The summed E-state index contributed by atoms with van der Waals surface area (Å²) in [6, 6.07) is 0. The summed E-state index contributed by atoms with van der Waals surface area (Å²) in [6.07, 6.45) is 5.22. The van der Waals surface area contributed by atoms with Crippen molar-refractivity contribution in [3.8, 4) is 0 Å². The van der Waals surface area contributed by atoms with Crippen LogP contribution in [0.25, 0.3) is 0 Å². The number of hydrogen-bond donors (Lipinski definition) is 1. The average molecular weight is 254 g/mol. The van der Waals surface area contributed by atoms with Crippen LogP contribution in [0.2, 0.25) is 0 Å². The lowest BCUT2D eigenvalue weighted by Crippen LogP contribution is -2.27. The zero-order chi connectivity index (χ0) is 13.7. The minimum atomic E-state index is -0.406. The molecule has 1 aliphatic carbocycles. The van der Waals surface area contributed by atoms with E-state index in [0.29, 0.717) is 12.3 Å². The summed E-state index contributed by atoms with van der Waals surface area (Å²) < 4.78 is 5.38. The van der Waals surface area contributed by atoms with Crippen molar-refractivity contribution in [2.24, 2.45) is 11.8 Å². The van der Waals surface area contributed by atoms with Gasteiger partial charge < -0.3 is 9.84 Å². The Morgan fingerprint density at radius 3 is 2.61 bits per heavy atom. The molecule has 3 heteroatoms. The van der Waals surface area contributed by atoms with E-state index >= 15 is 0 Å². The third-order valence-corrected chi connectivity index (χ3v) is 3.96. The quantitative estimate of drug-likeness (QED) is 0.578. The van der Waals surface area contributed by atoms with Crippen LogP contribution in [0.1, 0.15) is 53.4 Å². The van der Waals surface area contributed by atoms with Crippen molar-refractivity contribution >= 4 is 5.97 Å². The van der Waals surface area contributed by atoms with Crippen molar-refractivity contribution < 1.29 is 14.6 Å². The summed E-state index contributed by atoms with van der Waals surface area (Å²) in [5.74, 6) is 0.386. The van der Waals surface area contributed by atoms with E-state index in [-0.39, 0.29) is 18.0 Å². The number of carbonyl (C=O) groups excluding carboxylic acids is 1. The van der Waals surface area contributed by atoms with Crippen LogP contribution in [0.15, 0.2) is 11.6 Å². The monoisotopic (exact) mass is 254 g/mol. The average Bonchev–Trinajstić information content (AvgIpc) is 2.31. The van der Waals surface area contributed by atoms with E-state index in [4.69, 9.17) is 4.74 Å². The number of ether oxygens (including phenoxy) is 1. The molecule has 0 amide bonds. The Morgan fingerprint density at radius 2 is 2.06 bits per heavy atom. The molecule has 0 radical (unpaired) electrons. The molecular formula is C15H26O3. The van der Waals surface area contributed by atoms with Gasteiger partial charge in [-0.2, -0.15) is 0 Å². The standard InChI is InChI=1S/C15H26O3/c1-5-13-10(2)7-6-8-15(18-12(4)16)11(3)9-14(13)17/h5,10-11,14-15,17H,6-9H2,1-4H3/b13-5-/t10-,11?,14+,15-/m0/s1. The SMILES string of the molecule is C/C=C1\[C@H](O)CC(C)[C@@H](OC(C)=O)CCC[C@@H]1C. The van der Waals surface area contributed by atoms with Crippen molar-refractivity contribution in [3.63, 3.8) is 0 Å². The van der Waals surface area contributed by atoms with Crippen LogP contribution < -0.4 is 0 Å². The third kappa shape index (κ3) is 4.13. The van der Waals surface area contributed by atoms with Gasteiger partial charge in [-0.1, -0.05) is 19.9 Å². The van der Waals surface area contributed by atoms with E-state index < -0.39 is 6.10 Å². The predicted octanol–water partition coefficient (Wildman–Crippen LogP) is 3.07. The van der Waals surface area contributed by atoms with Crippen LogP contribution >= 0.6 is 0 Å². The first-order chi connectivity index (χ1) is 8.45. The number of aliphatic hydroxyl groups excluding tert-OH is 1. The molecule has 1 saturated carbocycles. The number of aliphatic hydroxyl groups is 1. The second kappa shape index (κ2) is 6.93. The molecule has 4 atom stereocenters. The summed E-state index contributed by atoms with van der Waals surface area (Å²) in [4.78, 5) is 11.1. The summed E-state index contributed by atoms with van der Waals surface area (Å²) in [6.45, 7) is 7.66. The Hall–Kier alpha value is -0.830. The maximum atomic E-state index is 11.1. The molecule has 0 aromatic rings. The third-order valence-electron chi connectivity index (χ3n) is 3.96. The molecule has 0 bridgehead atoms. The highest BCUT2D eigenvalue weighted by atomic mass is 16.5. The second-order valence-electron chi connectivity index (χ2n) is 5.50. The Bertz CT molecular complexity index is 309. The lowest BCUT2D eigenvalue weighted by molar-refractivity contribution is -0.149. The van der Waals surface area contributed by atoms with Gasteiger partial charge in [0.2, 0.25) is 0 Å². The molecule has 1 aliphatic rings. The molecule has 0 heterocycles. The molecule has 1 rings (SSSR count). The van der Waals surface area contributed by atoms with Gasteiger partial charge in [0.15, 0.2) is 0 Å². The number of hydrogen-bond acceptors (Lipinski definition) is 3. The molecule has 18 heavy (non-hydrogen) atoms. The smallest absolute Gasteiger partial charge is 0.302 e. The highest BCUT2D eigenvalue weighted by molar-refractivity contribution is 5.66. The molecule has 0 spiro atoms. The molecule has 1 fully saturated rings. The van der Waals surface area contributed by atoms with E-state index in [2.05, 4.69) is 13.8 Å². The maximum Gasteiger partial charge on any atom is 0.302 e. The Labute approximate surface area is 110 Å². The van der Waals surface area contributed by atoms with E-state index in [1.165, 1.54) is 6.92 Å². The van der Waals surface area contributed by atoms with Gasteiger partial charge in [-0.15, -0.1) is 0 Å². The minimum Gasteiger partial charge on any atom is -0.462 e. The van der Waals surface area contributed by atoms with Gasteiger partial charge in [0.05, 0.1) is 6.10 Å². The van der Waals surface area contributed by atoms with Crippen LogP contribution in [0.5, 0.6) is 0 Å². The van der Waals surface area contributed by atoms with Gasteiger partial charge in [-0.05, 0) is 50.0 Å². The molecule has 1 unspecified atom stereocenters. The Balaban J connectivity index is 2.79. The van der Waals surface area contributed by atoms with E-state index in [0.717, 1.165) is 24.8 Å². The largest absolute Gasteiger partial charge is 0.462 e. The van der Waals surface area contributed by atoms with Crippen molar-refractivity contribution in [3.05, 3.63) is 11.6 Å². The fourth-order valence-corrected chi connectivity index (χ4v) is 2.91. The van der Waals surface area contributed by atoms with Crippen LogP contribution in [-0.4, -0.2) is 23.3 Å². The van der Waals surface area contributed by atoms with Crippen molar-refractivity contribution in [2.45, 2.75) is 65.6 Å². The van der Waals surface area contributed by atoms with E-state index in [1.807, 2.05) is 13.0 Å². The summed E-state index contributed by atoms with van der Waals surface area (Å²) >= 11 is 0. The topological polar surface area (TPSA) is 46.5 Å². The second-order valence-corrected chi connectivity index (χ2v) is 5.50. The van der Waals surface area contributed by atoms with Gasteiger partial charge in [-0.3, -0.25) is 4.79 Å². The van der Waals surface area contributed by atoms with Gasteiger partial charge in [0.25, 0.3) is 0 Å². The lowest BCUT2D eigenvalue weighted by Gasteiger charge is -2.25. The first kappa shape index (κ1) is 15.2.